The monoisotopic (exact) mass is 360 g/mol. The molecule has 2 aromatic carbocycles. The van der Waals surface area contributed by atoms with E-state index in [2.05, 4.69) is 20.7 Å². The Hall–Kier alpha value is -1.53. The molecule has 0 aliphatic carbocycles. The molecule has 0 radical (unpaired) electrons. The van der Waals surface area contributed by atoms with Crippen molar-refractivity contribution in [1.29, 1.82) is 0 Å². The zero-order valence-electron chi connectivity index (χ0n) is 11.0. The molecule has 0 fully saturated rings. The summed E-state index contributed by atoms with van der Waals surface area (Å²) in [6, 6.07) is 12.3. The molecule has 6 heteroatoms. The van der Waals surface area contributed by atoms with E-state index in [-0.39, 0.29) is 5.56 Å². The normalized spacial score (nSPS) is 14.6. The van der Waals surface area contributed by atoms with Gasteiger partial charge in [-0.05, 0) is 30.7 Å². The van der Waals surface area contributed by atoms with Crippen molar-refractivity contribution in [2.75, 3.05) is 0 Å². The molecule has 1 atom stereocenters. The number of rotatable bonds is 3. The highest BCUT2D eigenvalue weighted by atomic mass is 79.9. The van der Waals surface area contributed by atoms with Gasteiger partial charge in [-0.3, -0.25) is 0 Å². The molecule has 112 valence electrons. The van der Waals surface area contributed by atoms with Gasteiger partial charge >= 0.3 is 6.36 Å². The topological polar surface area (TPSA) is 29.5 Å². The highest BCUT2D eigenvalue weighted by molar-refractivity contribution is 9.10. The van der Waals surface area contributed by atoms with Gasteiger partial charge in [0.1, 0.15) is 11.4 Å². The van der Waals surface area contributed by atoms with E-state index < -0.39 is 17.7 Å². The predicted molar refractivity (Wildman–Crippen MR) is 75.9 cm³/mol. The van der Waals surface area contributed by atoms with Crippen molar-refractivity contribution in [2.45, 2.75) is 18.9 Å². The maximum absolute atomic E-state index is 12.5. The first-order valence-corrected chi connectivity index (χ1v) is 6.83. The minimum atomic E-state index is -4.82. The summed E-state index contributed by atoms with van der Waals surface area (Å²) in [5, 5.41) is 10.7. The van der Waals surface area contributed by atoms with E-state index >= 15 is 0 Å². The number of aliphatic hydroxyl groups is 1. The Morgan fingerprint density at radius 2 is 1.71 bits per heavy atom. The molecular weight excluding hydrogens is 349 g/mol. The van der Waals surface area contributed by atoms with Gasteiger partial charge in [0.25, 0.3) is 0 Å². The summed E-state index contributed by atoms with van der Waals surface area (Å²) >= 11 is 3.27. The van der Waals surface area contributed by atoms with E-state index in [1.54, 1.807) is 30.3 Å². The fraction of sp³-hybridized carbons (Fsp3) is 0.200. The van der Waals surface area contributed by atoms with Gasteiger partial charge in [0.2, 0.25) is 0 Å². The van der Waals surface area contributed by atoms with E-state index in [4.69, 9.17) is 0 Å². The summed E-state index contributed by atoms with van der Waals surface area (Å²) in [6.45, 7) is 1.42. The van der Waals surface area contributed by atoms with Crippen LogP contribution < -0.4 is 4.74 Å². The second-order valence-electron chi connectivity index (χ2n) is 4.63. The summed E-state index contributed by atoms with van der Waals surface area (Å²) in [5.41, 5.74) is -1.12. The highest BCUT2D eigenvalue weighted by Crippen LogP contribution is 2.38. The summed E-state index contributed by atoms with van der Waals surface area (Å²) in [5.74, 6) is -0.421. The lowest BCUT2D eigenvalue weighted by Gasteiger charge is -2.27. The van der Waals surface area contributed by atoms with Crippen molar-refractivity contribution in [3.05, 3.63) is 64.1 Å². The first kappa shape index (κ1) is 15.9. The second-order valence-corrected chi connectivity index (χ2v) is 5.54. The van der Waals surface area contributed by atoms with E-state index in [0.717, 1.165) is 4.47 Å². The van der Waals surface area contributed by atoms with Crippen LogP contribution in [0.3, 0.4) is 0 Å². The molecule has 2 nitrogen and oxygen atoms in total. The van der Waals surface area contributed by atoms with Crippen LogP contribution in [0, 0.1) is 0 Å². The van der Waals surface area contributed by atoms with E-state index in [1.165, 1.54) is 25.1 Å². The Bertz CT molecular complexity index is 639. The highest BCUT2D eigenvalue weighted by Gasteiger charge is 2.36. The zero-order valence-corrected chi connectivity index (χ0v) is 12.6. The van der Waals surface area contributed by atoms with Gasteiger partial charge in [0.15, 0.2) is 0 Å². The number of benzene rings is 2. The molecular formula is C15H12BrF3O2. The third-order valence-corrected chi connectivity index (χ3v) is 3.52. The number of alkyl halides is 3. The van der Waals surface area contributed by atoms with Crippen molar-refractivity contribution in [3.8, 4) is 5.75 Å². The summed E-state index contributed by atoms with van der Waals surface area (Å²) < 4.78 is 42.1. The minimum absolute atomic E-state index is 0.0421. The molecule has 0 saturated heterocycles. The lowest BCUT2D eigenvalue weighted by Crippen LogP contribution is -2.26. The maximum Gasteiger partial charge on any atom is 0.573 e. The van der Waals surface area contributed by atoms with Gasteiger partial charge in [-0.25, -0.2) is 0 Å². The van der Waals surface area contributed by atoms with Gasteiger partial charge in [0.05, 0.1) is 0 Å². The SMILES string of the molecule is CC(O)(c1cccc(Br)c1)c1ccccc1OC(F)(F)F. The van der Waals surface area contributed by atoms with Crippen LogP contribution in [0.4, 0.5) is 13.2 Å². The molecule has 0 amide bonds. The molecule has 1 unspecified atom stereocenters. The molecule has 0 aromatic heterocycles. The molecule has 2 rings (SSSR count). The Morgan fingerprint density at radius 1 is 1.05 bits per heavy atom. The number of halogens is 4. The largest absolute Gasteiger partial charge is 0.573 e. The predicted octanol–water partition coefficient (Wildman–Crippen LogP) is 4.60. The van der Waals surface area contributed by atoms with Crippen LogP contribution in [0.15, 0.2) is 53.0 Å². The average Bonchev–Trinajstić information content (AvgIpc) is 2.37. The lowest BCUT2D eigenvalue weighted by molar-refractivity contribution is -0.275. The van der Waals surface area contributed by atoms with Crippen LogP contribution in [0.1, 0.15) is 18.1 Å². The summed E-state index contributed by atoms with van der Waals surface area (Å²) in [6.07, 6.45) is -4.82. The van der Waals surface area contributed by atoms with Crippen molar-refractivity contribution in [2.24, 2.45) is 0 Å². The quantitative estimate of drug-likeness (QED) is 0.866. The Kier molecular flexibility index (Phi) is 4.30. The van der Waals surface area contributed by atoms with Crippen LogP contribution in [0.2, 0.25) is 0 Å². The molecule has 0 spiro atoms. The molecule has 21 heavy (non-hydrogen) atoms. The van der Waals surface area contributed by atoms with Crippen molar-refractivity contribution in [1.82, 2.24) is 0 Å². The van der Waals surface area contributed by atoms with Crippen molar-refractivity contribution >= 4 is 15.9 Å². The van der Waals surface area contributed by atoms with Gasteiger partial charge in [-0.1, -0.05) is 46.3 Å². The van der Waals surface area contributed by atoms with Gasteiger partial charge in [-0.15, -0.1) is 13.2 Å². The minimum Gasteiger partial charge on any atom is -0.405 e. The molecule has 0 aliphatic heterocycles. The lowest BCUT2D eigenvalue weighted by atomic mass is 9.87. The third-order valence-electron chi connectivity index (χ3n) is 3.02. The number of para-hydroxylation sites is 1. The van der Waals surface area contributed by atoms with Crippen LogP contribution in [0.5, 0.6) is 5.75 Å². The van der Waals surface area contributed by atoms with Gasteiger partial charge in [-0.2, -0.15) is 0 Å². The Morgan fingerprint density at radius 3 is 2.33 bits per heavy atom. The third kappa shape index (κ3) is 3.77. The molecule has 1 N–H and O–H groups in total. The Labute approximate surface area is 128 Å². The van der Waals surface area contributed by atoms with E-state index in [1.807, 2.05) is 0 Å². The number of ether oxygens (including phenoxy) is 1. The van der Waals surface area contributed by atoms with Crippen molar-refractivity contribution in [3.63, 3.8) is 0 Å². The summed E-state index contributed by atoms with van der Waals surface area (Å²) in [4.78, 5) is 0. The van der Waals surface area contributed by atoms with Gasteiger partial charge in [0, 0.05) is 10.0 Å². The fourth-order valence-electron chi connectivity index (χ4n) is 2.03. The first-order valence-electron chi connectivity index (χ1n) is 6.04. The first-order chi connectivity index (χ1) is 9.70. The molecule has 2 aromatic rings. The number of hydrogen-bond acceptors (Lipinski definition) is 2. The van der Waals surface area contributed by atoms with Crippen LogP contribution in [-0.2, 0) is 5.60 Å². The molecule has 0 saturated carbocycles. The van der Waals surface area contributed by atoms with Crippen LogP contribution >= 0.6 is 15.9 Å². The zero-order chi connectivity index (χ0) is 15.7. The van der Waals surface area contributed by atoms with E-state index in [9.17, 15) is 18.3 Å². The van der Waals surface area contributed by atoms with Crippen molar-refractivity contribution < 1.29 is 23.0 Å². The molecule has 0 heterocycles. The molecule has 0 bridgehead atoms. The number of hydrogen-bond donors (Lipinski definition) is 1. The average molecular weight is 361 g/mol. The van der Waals surface area contributed by atoms with Crippen LogP contribution in [-0.4, -0.2) is 11.5 Å². The second kappa shape index (κ2) is 5.69. The smallest absolute Gasteiger partial charge is 0.405 e. The van der Waals surface area contributed by atoms with Gasteiger partial charge < -0.3 is 9.84 Å². The fourth-order valence-corrected chi connectivity index (χ4v) is 2.43. The van der Waals surface area contributed by atoms with E-state index in [0.29, 0.717) is 5.56 Å². The van der Waals surface area contributed by atoms with Crippen LogP contribution in [0.25, 0.3) is 0 Å². The standard InChI is InChI=1S/C15H12BrF3O2/c1-14(20,10-5-4-6-11(16)9-10)12-7-2-3-8-13(12)21-15(17,18)19/h2-9,20H,1H3. The maximum atomic E-state index is 12.5. The molecule has 0 aliphatic rings. The Balaban J connectivity index is 2.50. The summed E-state index contributed by atoms with van der Waals surface area (Å²) in [7, 11) is 0.